The molecule has 4 amide bonds. The number of aryl methyl sites for hydroxylation is 1. The molecule has 2 aliphatic heterocycles. The van der Waals surface area contributed by atoms with E-state index in [0.717, 1.165) is 44.6 Å². The van der Waals surface area contributed by atoms with Crippen molar-refractivity contribution in [2.75, 3.05) is 40.9 Å². The molecule has 360 valence electrons. The summed E-state index contributed by atoms with van der Waals surface area (Å²) in [5.74, 6) is -2.37. The number of ether oxygens (including phenoxy) is 2. The highest BCUT2D eigenvalue weighted by atomic mass is 32.1. The average molecular weight is 938 g/mol. The van der Waals surface area contributed by atoms with Crippen LogP contribution in [-0.4, -0.2) is 129 Å². The Morgan fingerprint density at radius 3 is 2.57 bits per heavy atom. The number of benzene rings is 1. The van der Waals surface area contributed by atoms with Crippen LogP contribution in [0.15, 0.2) is 71.4 Å². The Balaban J connectivity index is 1.42. The summed E-state index contributed by atoms with van der Waals surface area (Å²) in [5, 5.41) is 19.5. The van der Waals surface area contributed by atoms with E-state index >= 15 is 0 Å². The number of allylic oxidation sites excluding steroid dienone is 2. The topological polar surface area (TPSA) is 184 Å². The third-order valence-corrected chi connectivity index (χ3v) is 13.5. The standard InChI is InChI=1S/C50H67N9O7S/c1-12-35(42(52-13-2)32(6)65-11)44-37-28-49(7,8)30-66-47(62)50(64)21-15-24-59(55-50)46(61)38(27-41-53-39(29-67-41)34-16-17-40(36(37)26-34)58(44)14-3)54-45(60)43(31(4)5)57(10)48(63)56(9)25-20-33-18-22-51-23-19-33/h12-13,16-19,22-23,26,29,31-32,38,43,55,64H,1,14-15,20-21,24-25,27-28,30H2,2-11H3,(H,54,60)/b42-35+,52-13?/t32-,38-,43-,50-/m0/s1. The summed E-state index contributed by atoms with van der Waals surface area (Å²) in [4.78, 5) is 73.8. The molecule has 0 radical (unpaired) electrons. The van der Waals surface area contributed by atoms with Crippen LogP contribution < -0.4 is 10.7 Å². The maximum atomic E-state index is 14.7. The molecule has 4 atom stereocenters. The van der Waals surface area contributed by atoms with Crippen molar-refractivity contribution in [2.45, 2.75) is 111 Å². The number of cyclic esters (lactones) is 1. The lowest BCUT2D eigenvalue weighted by atomic mass is 9.84. The maximum absolute atomic E-state index is 14.7. The van der Waals surface area contributed by atoms with Crippen LogP contribution in [0.25, 0.3) is 27.7 Å². The van der Waals surface area contributed by atoms with Gasteiger partial charge in [-0.1, -0.05) is 46.4 Å². The maximum Gasteiger partial charge on any atom is 0.355 e. The van der Waals surface area contributed by atoms with Crippen LogP contribution in [0.3, 0.4) is 0 Å². The minimum Gasteiger partial charge on any atom is -0.462 e. The largest absolute Gasteiger partial charge is 0.462 e. The lowest BCUT2D eigenvalue weighted by Gasteiger charge is -2.40. The fourth-order valence-electron chi connectivity index (χ4n) is 9.03. The second kappa shape index (κ2) is 21.5. The molecule has 2 aliphatic rings. The van der Waals surface area contributed by atoms with Gasteiger partial charge in [-0.05, 0) is 81.3 Å². The molecule has 1 aromatic carbocycles. The van der Waals surface area contributed by atoms with Crippen molar-refractivity contribution in [3.8, 4) is 11.3 Å². The van der Waals surface area contributed by atoms with Crippen molar-refractivity contribution in [1.29, 1.82) is 0 Å². The van der Waals surface area contributed by atoms with Crippen LogP contribution in [-0.2, 0) is 49.7 Å². The summed E-state index contributed by atoms with van der Waals surface area (Å²) in [6.45, 7) is 19.0. The molecule has 16 nitrogen and oxygen atoms in total. The SMILES string of the molecule is C=C/C(=C(\N=CC)[C@H](C)OC)c1c2c3cc(ccc3n1CC)-c1csc(n1)C[C@H](NC(=O)[C@H](C(C)C)N(C)C(=O)N(C)CCc1ccncc1)C(=O)N1CCC[C@@](O)(N1)C(=O)OCC(C)(C)C2. The molecular formula is C50H67N9O7S. The zero-order chi connectivity index (χ0) is 48.8. The van der Waals surface area contributed by atoms with Gasteiger partial charge in [0, 0.05) is 105 Å². The molecule has 67 heavy (non-hydrogen) atoms. The van der Waals surface area contributed by atoms with E-state index in [1.807, 2.05) is 71.2 Å². The van der Waals surface area contributed by atoms with Crippen LogP contribution in [0, 0.1) is 11.3 Å². The number of hydrazine groups is 1. The summed E-state index contributed by atoms with van der Waals surface area (Å²) < 4.78 is 14.0. The lowest BCUT2D eigenvalue weighted by molar-refractivity contribution is -0.189. The first-order valence-electron chi connectivity index (χ1n) is 23.0. The molecule has 3 aromatic heterocycles. The molecule has 1 saturated heterocycles. The number of carbonyl (C=O) groups excluding carboxylic acids is 4. The monoisotopic (exact) mass is 937 g/mol. The second-order valence-corrected chi connectivity index (χ2v) is 19.5. The highest BCUT2D eigenvalue weighted by molar-refractivity contribution is 7.10. The van der Waals surface area contributed by atoms with Crippen molar-refractivity contribution < 1.29 is 33.8 Å². The van der Waals surface area contributed by atoms with Crippen LogP contribution >= 0.6 is 11.3 Å². The Hall–Kier alpha value is -5.75. The van der Waals surface area contributed by atoms with Crippen LogP contribution in [0.2, 0.25) is 0 Å². The van der Waals surface area contributed by atoms with Gasteiger partial charge in [-0.15, -0.1) is 11.3 Å². The molecule has 6 bridgehead atoms. The molecule has 6 rings (SSSR count). The van der Waals surface area contributed by atoms with E-state index in [2.05, 4.69) is 45.9 Å². The number of carbonyl (C=O) groups is 4. The first-order valence-corrected chi connectivity index (χ1v) is 23.9. The number of urea groups is 1. The minimum absolute atomic E-state index is 0.00541. The normalized spacial score (nSPS) is 20.2. The van der Waals surface area contributed by atoms with E-state index in [1.54, 1.807) is 44.7 Å². The van der Waals surface area contributed by atoms with Gasteiger partial charge in [0.1, 0.15) is 12.1 Å². The molecule has 4 aromatic rings. The van der Waals surface area contributed by atoms with Crippen molar-refractivity contribution >= 4 is 57.8 Å². The van der Waals surface area contributed by atoms with Gasteiger partial charge in [-0.2, -0.15) is 5.43 Å². The number of amides is 4. The number of aliphatic imine (C=N–C) groups is 1. The van der Waals surface area contributed by atoms with Gasteiger partial charge < -0.3 is 34.3 Å². The van der Waals surface area contributed by atoms with E-state index in [-0.39, 0.29) is 50.5 Å². The number of thiazole rings is 1. The average Bonchev–Trinajstić information content (AvgIpc) is 3.90. The number of fused-ring (bicyclic) bond motifs is 6. The van der Waals surface area contributed by atoms with Crippen LogP contribution in [0.4, 0.5) is 4.79 Å². The third-order valence-electron chi connectivity index (χ3n) is 12.6. The number of aliphatic hydroxyl groups is 1. The van der Waals surface area contributed by atoms with Crippen molar-refractivity contribution in [3.63, 3.8) is 0 Å². The molecule has 0 saturated carbocycles. The molecule has 0 aliphatic carbocycles. The highest BCUT2D eigenvalue weighted by Gasteiger charge is 2.45. The fraction of sp³-hybridized carbons (Fsp3) is 0.500. The summed E-state index contributed by atoms with van der Waals surface area (Å²) in [5.41, 5.74) is 6.89. The number of esters is 1. The number of hydrogen-bond donors (Lipinski definition) is 3. The van der Waals surface area contributed by atoms with Crippen molar-refractivity contribution in [3.05, 3.63) is 88.3 Å². The van der Waals surface area contributed by atoms with Crippen LogP contribution in [0.5, 0.6) is 0 Å². The summed E-state index contributed by atoms with van der Waals surface area (Å²) >= 11 is 1.36. The summed E-state index contributed by atoms with van der Waals surface area (Å²) in [7, 11) is 4.92. The Labute approximate surface area is 398 Å². The number of hydrogen-bond acceptors (Lipinski definition) is 12. The second-order valence-electron chi connectivity index (χ2n) is 18.6. The minimum atomic E-state index is -2.23. The van der Waals surface area contributed by atoms with E-state index < -0.39 is 41.0 Å². The molecular weight excluding hydrogens is 871 g/mol. The van der Waals surface area contributed by atoms with E-state index in [1.165, 1.54) is 21.2 Å². The van der Waals surface area contributed by atoms with Crippen molar-refractivity contribution in [2.24, 2.45) is 16.3 Å². The van der Waals surface area contributed by atoms with Gasteiger partial charge >= 0.3 is 12.0 Å². The quantitative estimate of drug-likeness (QED) is 0.0768. The summed E-state index contributed by atoms with van der Waals surface area (Å²) in [6, 6.07) is 7.52. The number of likely N-dealkylation sites (N-methyl/N-ethyl adjacent to an activating group) is 2. The predicted molar refractivity (Wildman–Crippen MR) is 262 cm³/mol. The van der Waals surface area contributed by atoms with E-state index in [4.69, 9.17) is 19.5 Å². The Kier molecular flexibility index (Phi) is 16.2. The van der Waals surface area contributed by atoms with E-state index in [0.29, 0.717) is 36.6 Å². The number of aromatic nitrogens is 3. The van der Waals surface area contributed by atoms with Gasteiger partial charge in [-0.3, -0.25) is 24.6 Å². The number of nitrogens with zero attached hydrogens (tertiary/aromatic N) is 7. The van der Waals surface area contributed by atoms with E-state index in [9.17, 15) is 24.3 Å². The fourth-order valence-corrected chi connectivity index (χ4v) is 9.88. The lowest BCUT2D eigenvalue weighted by Crippen LogP contribution is -2.67. The predicted octanol–water partition coefficient (Wildman–Crippen LogP) is 6.42. The first-order chi connectivity index (χ1) is 31.9. The zero-order valence-corrected chi connectivity index (χ0v) is 41.4. The Bertz CT molecular complexity index is 2510. The first kappa shape index (κ1) is 50.7. The van der Waals surface area contributed by atoms with Gasteiger partial charge in [0.25, 0.3) is 5.91 Å². The number of nitrogens with one attached hydrogen (secondary N) is 2. The molecule has 0 spiro atoms. The Morgan fingerprint density at radius 2 is 1.91 bits per heavy atom. The molecule has 1 fully saturated rings. The van der Waals surface area contributed by atoms with Crippen LogP contribution in [0.1, 0.15) is 83.1 Å². The smallest absolute Gasteiger partial charge is 0.355 e. The third kappa shape index (κ3) is 11.2. The van der Waals surface area contributed by atoms with Gasteiger partial charge in [-0.25, -0.2) is 14.6 Å². The summed E-state index contributed by atoms with van der Waals surface area (Å²) in [6.07, 6.45) is 7.93. The molecule has 5 heterocycles. The Morgan fingerprint density at radius 1 is 1.18 bits per heavy atom. The molecule has 3 N–H and O–H groups in total. The van der Waals surface area contributed by atoms with Gasteiger partial charge in [0.15, 0.2) is 0 Å². The van der Waals surface area contributed by atoms with Crippen molar-refractivity contribution in [1.82, 2.24) is 40.1 Å². The van der Waals surface area contributed by atoms with Gasteiger partial charge in [0.2, 0.25) is 11.6 Å². The number of rotatable bonds is 13. The highest BCUT2D eigenvalue weighted by Crippen LogP contribution is 2.40. The molecule has 0 unspecified atom stereocenters. The number of methoxy groups -OCH3 is 1. The molecule has 17 heteroatoms. The number of pyridine rings is 1. The zero-order valence-electron chi connectivity index (χ0n) is 40.6. The van der Waals surface area contributed by atoms with Gasteiger partial charge in [0.05, 0.1) is 34.8 Å².